The minimum Gasteiger partial charge on any atom is -0.419 e. The SMILES string of the molecule is CC1(C)OC(=O)C(=CNc2cccc(-c3cccc4ccccc34)c2)C(=O)O1. The molecule has 0 unspecified atom stereocenters. The minimum atomic E-state index is -1.25. The topological polar surface area (TPSA) is 64.6 Å². The lowest BCUT2D eigenvalue weighted by Gasteiger charge is -2.29. The molecule has 3 aromatic carbocycles. The van der Waals surface area contributed by atoms with Gasteiger partial charge in [-0.15, -0.1) is 0 Å². The van der Waals surface area contributed by atoms with Crippen molar-refractivity contribution in [1.29, 1.82) is 0 Å². The molecular formula is C23H19NO4. The number of anilines is 1. The van der Waals surface area contributed by atoms with Crippen molar-refractivity contribution < 1.29 is 19.1 Å². The molecule has 0 bridgehead atoms. The predicted octanol–water partition coefficient (Wildman–Crippen LogP) is 4.64. The Labute approximate surface area is 162 Å². The molecule has 1 N–H and O–H groups in total. The number of rotatable bonds is 3. The molecule has 4 rings (SSSR count). The largest absolute Gasteiger partial charge is 0.419 e. The van der Waals surface area contributed by atoms with Gasteiger partial charge < -0.3 is 14.8 Å². The summed E-state index contributed by atoms with van der Waals surface area (Å²) in [6.07, 6.45) is 1.32. The molecule has 0 aromatic heterocycles. The quantitative estimate of drug-likeness (QED) is 0.412. The van der Waals surface area contributed by atoms with E-state index in [1.165, 1.54) is 20.0 Å². The lowest BCUT2D eigenvalue weighted by Crippen LogP contribution is -2.42. The Hall–Kier alpha value is -3.60. The van der Waals surface area contributed by atoms with Gasteiger partial charge in [0.1, 0.15) is 0 Å². The van der Waals surface area contributed by atoms with Crippen molar-refractivity contribution in [2.45, 2.75) is 19.6 Å². The average Bonchev–Trinajstić information content (AvgIpc) is 2.66. The van der Waals surface area contributed by atoms with Gasteiger partial charge in [-0.2, -0.15) is 0 Å². The number of carbonyl (C=O) groups is 2. The van der Waals surface area contributed by atoms with E-state index in [1.54, 1.807) is 0 Å². The Balaban J connectivity index is 1.63. The van der Waals surface area contributed by atoms with Crippen LogP contribution in [0.5, 0.6) is 0 Å². The van der Waals surface area contributed by atoms with Crippen LogP contribution in [0.15, 0.2) is 78.5 Å². The summed E-state index contributed by atoms with van der Waals surface area (Å²) in [4.78, 5) is 24.1. The maximum Gasteiger partial charge on any atom is 0.350 e. The zero-order valence-corrected chi connectivity index (χ0v) is 15.6. The van der Waals surface area contributed by atoms with Gasteiger partial charge >= 0.3 is 11.9 Å². The number of cyclic esters (lactones) is 2. The Kier molecular flexibility index (Phi) is 4.35. The summed E-state index contributed by atoms with van der Waals surface area (Å²) >= 11 is 0. The second-order valence-corrected chi connectivity index (χ2v) is 6.99. The average molecular weight is 373 g/mol. The van der Waals surface area contributed by atoms with Crippen molar-refractivity contribution in [3.63, 3.8) is 0 Å². The lowest BCUT2D eigenvalue weighted by atomic mass is 9.98. The smallest absolute Gasteiger partial charge is 0.350 e. The molecule has 1 aliphatic heterocycles. The number of carbonyl (C=O) groups excluding carboxylic acids is 2. The van der Waals surface area contributed by atoms with Gasteiger partial charge in [0.15, 0.2) is 5.57 Å². The monoisotopic (exact) mass is 373 g/mol. The Morgan fingerprint density at radius 2 is 1.54 bits per heavy atom. The van der Waals surface area contributed by atoms with Crippen molar-refractivity contribution in [2.24, 2.45) is 0 Å². The van der Waals surface area contributed by atoms with E-state index in [1.807, 2.05) is 42.5 Å². The van der Waals surface area contributed by atoms with Crippen LogP contribution < -0.4 is 5.32 Å². The zero-order valence-electron chi connectivity index (χ0n) is 15.6. The number of esters is 2. The molecule has 0 saturated carbocycles. The summed E-state index contributed by atoms with van der Waals surface area (Å²) in [5.74, 6) is -2.67. The van der Waals surface area contributed by atoms with Crippen LogP contribution in [-0.2, 0) is 19.1 Å². The third-order valence-corrected chi connectivity index (χ3v) is 4.46. The molecule has 140 valence electrons. The van der Waals surface area contributed by atoms with Crippen molar-refractivity contribution in [3.05, 3.63) is 78.5 Å². The number of hydrogen-bond donors (Lipinski definition) is 1. The van der Waals surface area contributed by atoms with E-state index >= 15 is 0 Å². The predicted molar refractivity (Wildman–Crippen MR) is 107 cm³/mol. The van der Waals surface area contributed by atoms with Gasteiger partial charge in [-0.1, -0.05) is 54.6 Å². The minimum absolute atomic E-state index is 0.171. The van der Waals surface area contributed by atoms with Crippen molar-refractivity contribution in [3.8, 4) is 11.1 Å². The highest BCUT2D eigenvalue weighted by Gasteiger charge is 2.38. The zero-order chi connectivity index (χ0) is 19.7. The van der Waals surface area contributed by atoms with Crippen LogP contribution in [0.4, 0.5) is 5.69 Å². The first-order chi connectivity index (χ1) is 13.4. The third-order valence-electron chi connectivity index (χ3n) is 4.46. The molecule has 0 aliphatic carbocycles. The molecule has 1 fully saturated rings. The van der Waals surface area contributed by atoms with Gasteiger partial charge in [-0.25, -0.2) is 9.59 Å². The van der Waals surface area contributed by atoms with Crippen LogP contribution in [0, 0.1) is 0 Å². The summed E-state index contributed by atoms with van der Waals surface area (Å²) in [5, 5.41) is 5.31. The fourth-order valence-corrected chi connectivity index (χ4v) is 3.19. The van der Waals surface area contributed by atoms with Crippen LogP contribution in [0.1, 0.15) is 13.8 Å². The van der Waals surface area contributed by atoms with Crippen LogP contribution in [0.3, 0.4) is 0 Å². The highest BCUT2D eigenvalue weighted by Crippen LogP contribution is 2.30. The van der Waals surface area contributed by atoms with E-state index in [4.69, 9.17) is 9.47 Å². The number of nitrogens with one attached hydrogen (secondary N) is 1. The third kappa shape index (κ3) is 3.47. The first-order valence-electron chi connectivity index (χ1n) is 8.94. The second-order valence-electron chi connectivity index (χ2n) is 6.99. The maximum absolute atomic E-state index is 12.0. The van der Waals surface area contributed by atoms with Gasteiger partial charge in [0, 0.05) is 25.7 Å². The van der Waals surface area contributed by atoms with Crippen LogP contribution >= 0.6 is 0 Å². The first kappa shape index (κ1) is 17.8. The van der Waals surface area contributed by atoms with Crippen LogP contribution in [0.25, 0.3) is 21.9 Å². The van der Waals surface area contributed by atoms with Gasteiger partial charge in [-0.3, -0.25) is 0 Å². The van der Waals surface area contributed by atoms with Gasteiger partial charge in [-0.05, 0) is 34.0 Å². The highest BCUT2D eigenvalue weighted by molar-refractivity contribution is 6.15. The van der Waals surface area contributed by atoms with Crippen molar-refractivity contribution in [1.82, 2.24) is 0 Å². The Bertz CT molecular complexity index is 1090. The normalized spacial score (nSPS) is 15.7. The summed E-state index contributed by atoms with van der Waals surface area (Å²) in [5.41, 5.74) is 2.70. The van der Waals surface area contributed by atoms with Gasteiger partial charge in [0.05, 0.1) is 0 Å². The molecule has 1 heterocycles. The summed E-state index contributed by atoms with van der Waals surface area (Å²) in [7, 11) is 0. The number of hydrogen-bond acceptors (Lipinski definition) is 5. The number of ether oxygens (including phenoxy) is 2. The van der Waals surface area contributed by atoms with Gasteiger partial charge in [0.2, 0.25) is 0 Å². The Morgan fingerprint density at radius 1 is 0.857 bits per heavy atom. The highest BCUT2D eigenvalue weighted by atomic mass is 16.7. The van der Waals surface area contributed by atoms with Crippen LogP contribution in [0.2, 0.25) is 0 Å². The van der Waals surface area contributed by atoms with E-state index in [0.717, 1.165) is 27.6 Å². The molecule has 1 aliphatic rings. The van der Waals surface area contributed by atoms with E-state index in [9.17, 15) is 9.59 Å². The molecule has 5 nitrogen and oxygen atoms in total. The van der Waals surface area contributed by atoms with E-state index < -0.39 is 17.7 Å². The van der Waals surface area contributed by atoms with E-state index in [2.05, 4.69) is 29.6 Å². The molecule has 0 amide bonds. The molecule has 5 heteroatoms. The second kappa shape index (κ2) is 6.85. The van der Waals surface area contributed by atoms with Crippen LogP contribution in [-0.4, -0.2) is 17.7 Å². The van der Waals surface area contributed by atoms with Crippen molar-refractivity contribution in [2.75, 3.05) is 5.32 Å². The summed E-state index contributed by atoms with van der Waals surface area (Å²) < 4.78 is 10.2. The molecule has 3 aromatic rings. The summed E-state index contributed by atoms with van der Waals surface area (Å²) in [6, 6.07) is 22.1. The molecule has 0 spiro atoms. The van der Waals surface area contributed by atoms with E-state index in [0.29, 0.717) is 0 Å². The molecule has 1 saturated heterocycles. The van der Waals surface area contributed by atoms with Gasteiger partial charge in [0.25, 0.3) is 5.79 Å². The molecule has 28 heavy (non-hydrogen) atoms. The standard InChI is InChI=1S/C23H19NO4/c1-23(2)27-21(25)20(22(26)28-23)14-24-17-10-5-9-16(13-17)19-12-6-8-15-7-3-4-11-18(15)19/h3-14,24H,1-2H3. The van der Waals surface area contributed by atoms with Crippen molar-refractivity contribution >= 4 is 28.4 Å². The maximum atomic E-state index is 12.0. The number of fused-ring (bicyclic) bond motifs is 1. The summed E-state index contributed by atoms with van der Waals surface area (Å²) in [6.45, 7) is 3.03. The van der Waals surface area contributed by atoms with E-state index in [-0.39, 0.29) is 5.57 Å². The fraction of sp³-hybridized carbons (Fsp3) is 0.130. The first-order valence-corrected chi connectivity index (χ1v) is 8.94. The molecule has 0 radical (unpaired) electrons. The molecular weight excluding hydrogens is 354 g/mol. The fourth-order valence-electron chi connectivity index (χ4n) is 3.19. The molecule has 0 atom stereocenters. The lowest BCUT2D eigenvalue weighted by molar-refractivity contribution is -0.222. The number of benzene rings is 3. The Morgan fingerprint density at radius 3 is 2.32 bits per heavy atom.